The molecule has 136 valence electrons. The highest BCUT2D eigenvalue weighted by Crippen LogP contribution is 2.27. The highest BCUT2D eigenvalue weighted by Gasteiger charge is 2.33. The molecule has 1 heterocycles. The maximum atomic E-state index is 12.6. The smallest absolute Gasteiger partial charge is 0.383 e. The highest BCUT2D eigenvalue weighted by molar-refractivity contribution is 5.94. The molecule has 0 bridgehead atoms. The molecule has 6 nitrogen and oxygen atoms in total. The number of alkyl halides is 3. The van der Waals surface area contributed by atoms with Gasteiger partial charge in [0.05, 0.1) is 12.3 Å². The summed E-state index contributed by atoms with van der Waals surface area (Å²) in [5, 5.41) is 9.31. The van der Waals surface area contributed by atoms with Crippen LogP contribution in [0.5, 0.6) is 0 Å². The van der Waals surface area contributed by atoms with E-state index in [4.69, 9.17) is 4.74 Å². The quantitative estimate of drug-likeness (QED) is 0.709. The van der Waals surface area contributed by atoms with Gasteiger partial charge in [0.2, 0.25) is 0 Å². The predicted octanol–water partition coefficient (Wildman–Crippen LogP) is 1.86. The number of methoxy groups -OCH3 is 1. The van der Waals surface area contributed by atoms with Gasteiger partial charge in [0, 0.05) is 38.5 Å². The van der Waals surface area contributed by atoms with E-state index in [1.165, 1.54) is 12.3 Å². The molecule has 0 radical (unpaired) electrons. The molecule has 2 rings (SSSR count). The van der Waals surface area contributed by atoms with Gasteiger partial charge in [0.15, 0.2) is 5.69 Å². The van der Waals surface area contributed by atoms with Crippen LogP contribution in [0.15, 0.2) is 36.5 Å². The topological polar surface area (TPSA) is 68.2 Å². The Kier molecular flexibility index (Phi) is 6.54. The summed E-state index contributed by atoms with van der Waals surface area (Å²) in [5.74, 6) is -0.307. The summed E-state index contributed by atoms with van der Waals surface area (Å²) < 4.78 is 43.8. The van der Waals surface area contributed by atoms with Crippen molar-refractivity contribution in [2.75, 3.05) is 33.4 Å². The maximum Gasteiger partial charge on any atom is 0.435 e. The summed E-state index contributed by atoms with van der Waals surface area (Å²) in [6.07, 6.45) is -3.30. The number of carbonyl (C=O) groups is 1. The summed E-state index contributed by atoms with van der Waals surface area (Å²) in [4.78, 5) is 12.1. The zero-order valence-corrected chi connectivity index (χ0v) is 13.6. The van der Waals surface area contributed by atoms with Crippen LogP contribution in [0.4, 0.5) is 13.2 Å². The number of ether oxygens (including phenoxy) is 1. The van der Waals surface area contributed by atoms with E-state index < -0.39 is 11.9 Å². The molecule has 0 aliphatic rings. The molecular formula is C16H19F3N4O2. The number of nitrogens with one attached hydrogen (secondary N) is 2. The van der Waals surface area contributed by atoms with Crippen molar-refractivity contribution in [2.45, 2.75) is 6.18 Å². The van der Waals surface area contributed by atoms with E-state index in [9.17, 15) is 18.0 Å². The number of amides is 1. The lowest BCUT2D eigenvalue weighted by Gasteiger charge is -2.08. The van der Waals surface area contributed by atoms with E-state index in [1.807, 2.05) is 0 Å². The molecule has 0 spiro atoms. The fourth-order valence-corrected chi connectivity index (χ4v) is 2.07. The molecule has 1 amide bonds. The zero-order valence-electron chi connectivity index (χ0n) is 13.6. The third kappa shape index (κ3) is 5.57. The summed E-state index contributed by atoms with van der Waals surface area (Å²) in [6, 6.07) is 7.14. The normalized spacial score (nSPS) is 11.5. The van der Waals surface area contributed by atoms with Crippen LogP contribution < -0.4 is 10.6 Å². The Balaban J connectivity index is 1.96. The summed E-state index contributed by atoms with van der Waals surface area (Å²) in [7, 11) is 1.60. The van der Waals surface area contributed by atoms with Crippen molar-refractivity contribution in [3.05, 3.63) is 47.8 Å². The van der Waals surface area contributed by atoms with Crippen LogP contribution in [-0.4, -0.2) is 49.0 Å². The van der Waals surface area contributed by atoms with Crippen LogP contribution in [0.3, 0.4) is 0 Å². The highest BCUT2D eigenvalue weighted by atomic mass is 19.4. The zero-order chi connectivity index (χ0) is 18.3. The summed E-state index contributed by atoms with van der Waals surface area (Å²) >= 11 is 0. The molecule has 9 heteroatoms. The Morgan fingerprint density at radius 3 is 2.72 bits per heavy atom. The summed E-state index contributed by atoms with van der Waals surface area (Å²) in [6.45, 7) is 2.28. The molecular weight excluding hydrogens is 337 g/mol. The second kappa shape index (κ2) is 8.63. The second-order valence-electron chi connectivity index (χ2n) is 5.19. The molecule has 2 N–H and O–H groups in total. The van der Waals surface area contributed by atoms with Gasteiger partial charge in [-0.15, -0.1) is 0 Å². The van der Waals surface area contributed by atoms with Crippen molar-refractivity contribution in [3.8, 4) is 5.69 Å². The van der Waals surface area contributed by atoms with Gasteiger partial charge < -0.3 is 15.4 Å². The molecule has 0 saturated heterocycles. The van der Waals surface area contributed by atoms with E-state index in [1.54, 1.807) is 25.3 Å². The number of benzene rings is 1. The lowest BCUT2D eigenvalue weighted by Crippen LogP contribution is -2.33. The SMILES string of the molecule is COCCNCCNC(=O)c1cccc(-n2ccc(C(F)(F)F)n2)c1. The third-order valence-corrected chi connectivity index (χ3v) is 3.32. The van der Waals surface area contributed by atoms with Crippen LogP contribution in [-0.2, 0) is 10.9 Å². The Morgan fingerprint density at radius 1 is 1.24 bits per heavy atom. The number of nitrogens with zero attached hydrogens (tertiary/aromatic N) is 2. The predicted molar refractivity (Wildman–Crippen MR) is 85.6 cm³/mol. The van der Waals surface area contributed by atoms with E-state index in [0.29, 0.717) is 37.5 Å². The first kappa shape index (κ1) is 18.9. The standard InChI is InChI=1S/C16H19F3N4O2/c1-25-10-8-20-6-7-21-15(24)12-3-2-4-13(11-12)23-9-5-14(22-23)16(17,18)19/h2-5,9,11,20H,6-8,10H2,1H3,(H,21,24). The van der Waals surface area contributed by atoms with Crippen LogP contribution >= 0.6 is 0 Å². The minimum absolute atomic E-state index is 0.307. The molecule has 0 aliphatic carbocycles. The van der Waals surface area contributed by atoms with Crippen LogP contribution in [0.1, 0.15) is 16.1 Å². The fraction of sp³-hybridized carbons (Fsp3) is 0.375. The van der Waals surface area contributed by atoms with Gasteiger partial charge in [0.25, 0.3) is 5.91 Å². The Bertz CT molecular complexity index is 701. The Labute approximate surface area is 143 Å². The molecule has 1 aromatic heterocycles. The average molecular weight is 356 g/mol. The van der Waals surface area contributed by atoms with Gasteiger partial charge in [-0.3, -0.25) is 4.79 Å². The van der Waals surface area contributed by atoms with Crippen LogP contribution in [0, 0.1) is 0 Å². The van der Waals surface area contributed by atoms with Crippen LogP contribution in [0.2, 0.25) is 0 Å². The number of hydrogen-bond acceptors (Lipinski definition) is 4. The van der Waals surface area contributed by atoms with Crippen molar-refractivity contribution < 1.29 is 22.7 Å². The number of rotatable bonds is 8. The van der Waals surface area contributed by atoms with Crippen molar-refractivity contribution >= 4 is 5.91 Å². The molecule has 0 fully saturated rings. The first-order chi connectivity index (χ1) is 11.9. The Morgan fingerprint density at radius 2 is 2.04 bits per heavy atom. The van der Waals surface area contributed by atoms with Crippen molar-refractivity contribution in [1.82, 2.24) is 20.4 Å². The molecule has 0 aliphatic heterocycles. The molecule has 0 saturated carbocycles. The summed E-state index contributed by atoms with van der Waals surface area (Å²) in [5.41, 5.74) is -0.260. The average Bonchev–Trinajstić information content (AvgIpc) is 3.08. The van der Waals surface area contributed by atoms with E-state index >= 15 is 0 Å². The molecule has 0 atom stereocenters. The third-order valence-electron chi connectivity index (χ3n) is 3.32. The lowest BCUT2D eigenvalue weighted by molar-refractivity contribution is -0.141. The van der Waals surface area contributed by atoms with Gasteiger partial charge >= 0.3 is 6.18 Å². The minimum atomic E-state index is -4.50. The number of hydrogen-bond donors (Lipinski definition) is 2. The van der Waals surface area contributed by atoms with Crippen molar-refractivity contribution in [2.24, 2.45) is 0 Å². The van der Waals surface area contributed by atoms with Gasteiger partial charge in [0.1, 0.15) is 0 Å². The molecule has 25 heavy (non-hydrogen) atoms. The molecule has 2 aromatic rings. The number of halogens is 3. The first-order valence-electron chi connectivity index (χ1n) is 7.63. The minimum Gasteiger partial charge on any atom is -0.383 e. The van der Waals surface area contributed by atoms with Gasteiger partial charge in [-0.1, -0.05) is 6.07 Å². The molecule has 1 aromatic carbocycles. The monoisotopic (exact) mass is 356 g/mol. The van der Waals surface area contributed by atoms with E-state index in [0.717, 1.165) is 10.7 Å². The lowest BCUT2D eigenvalue weighted by atomic mass is 10.2. The van der Waals surface area contributed by atoms with Gasteiger partial charge in [-0.05, 0) is 24.3 Å². The van der Waals surface area contributed by atoms with Crippen LogP contribution in [0.25, 0.3) is 5.69 Å². The number of carbonyl (C=O) groups excluding carboxylic acids is 1. The molecule has 0 unspecified atom stereocenters. The van der Waals surface area contributed by atoms with Crippen molar-refractivity contribution in [3.63, 3.8) is 0 Å². The van der Waals surface area contributed by atoms with Gasteiger partial charge in [-0.2, -0.15) is 18.3 Å². The fourth-order valence-electron chi connectivity index (χ4n) is 2.07. The Hall–Kier alpha value is -2.39. The van der Waals surface area contributed by atoms with Gasteiger partial charge in [-0.25, -0.2) is 4.68 Å². The largest absolute Gasteiger partial charge is 0.435 e. The van der Waals surface area contributed by atoms with E-state index in [-0.39, 0.29) is 5.91 Å². The van der Waals surface area contributed by atoms with E-state index in [2.05, 4.69) is 15.7 Å². The number of aromatic nitrogens is 2. The maximum absolute atomic E-state index is 12.6. The second-order valence-corrected chi connectivity index (χ2v) is 5.19. The van der Waals surface area contributed by atoms with Crippen molar-refractivity contribution in [1.29, 1.82) is 0 Å². The first-order valence-corrected chi connectivity index (χ1v) is 7.63.